The topological polar surface area (TPSA) is 78.4 Å². The van der Waals surface area contributed by atoms with E-state index in [1.807, 2.05) is 0 Å². The Morgan fingerprint density at radius 3 is 2.11 bits per heavy atom. The van der Waals surface area contributed by atoms with Gasteiger partial charge in [-0.25, -0.2) is 19.6 Å². The molecule has 1 heterocycles. The van der Waals surface area contributed by atoms with Gasteiger partial charge < -0.3 is 9.47 Å². The molecule has 0 spiro atoms. The van der Waals surface area contributed by atoms with Gasteiger partial charge in [0.25, 0.3) is 0 Å². The molecule has 1 aromatic heterocycles. The molecule has 0 radical (unpaired) electrons. The number of carbonyl (C=O) groups is 2. The van der Waals surface area contributed by atoms with E-state index in [-0.39, 0.29) is 6.01 Å². The summed E-state index contributed by atoms with van der Waals surface area (Å²) in [5, 5.41) is -1.54. The predicted octanol–water partition coefficient (Wildman–Crippen LogP) is 3.26. The zero-order valence-corrected chi connectivity index (χ0v) is 12.3. The first-order valence-electron chi connectivity index (χ1n) is 5.60. The van der Waals surface area contributed by atoms with Gasteiger partial charge >= 0.3 is 16.6 Å². The standard InChI is InChI=1S/C12H16N2O4S/c1-7-6-8(2)14-9(13-7)17-10(15)19-11(16)18-12(3,4)5/h6H,1-5H3. The highest BCUT2D eigenvalue weighted by Gasteiger charge is 2.21. The highest BCUT2D eigenvalue weighted by Crippen LogP contribution is 2.17. The highest BCUT2D eigenvalue weighted by atomic mass is 32.2. The van der Waals surface area contributed by atoms with Crippen LogP contribution in [0.25, 0.3) is 0 Å². The van der Waals surface area contributed by atoms with Crippen LogP contribution in [0.1, 0.15) is 32.2 Å². The van der Waals surface area contributed by atoms with E-state index >= 15 is 0 Å². The molecular weight excluding hydrogens is 268 g/mol. The van der Waals surface area contributed by atoms with E-state index < -0.39 is 16.2 Å². The molecule has 7 heteroatoms. The van der Waals surface area contributed by atoms with E-state index in [4.69, 9.17) is 9.47 Å². The van der Waals surface area contributed by atoms with Gasteiger partial charge in [-0.15, -0.1) is 0 Å². The Balaban J connectivity index is 2.58. The van der Waals surface area contributed by atoms with Crippen LogP contribution in [0.5, 0.6) is 6.01 Å². The van der Waals surface area contributed by atoms with E-state index in [2.05, 4.69) is 9.97 Å². The number of ether oxygens (including phenoxy) is 2. The largest absolute Gasteiger partial charge is 0.451 e. The van der Waals surface area contributed by atoms with Crippen LogP contribution in [-0.4, -0.2) is 26.2 Å². The van der Waals surface area contributed by atoms with Gasteiger partial charge in [0, 0.05) is 11.4 Å². The molecule has 1 aromatic rings. The first kappa shape index (κ1) is 15.4. The van der Waals surface area contributed by atoms with Gasteiger partial charge in [-0.05, 0) is 40.7 Å². The fourth-order valence-corrected chi connectivity index (χ4v) is 1.72. The number of aromatic nitrogens is 2. The van der Waals surface area contributed by atoms with E-state index in [0.717, 1.165) is 0 Å². The predicted molar refractivity (Wildman–Crippen MR) is 71.4 cm³/mol. The van der Waals surface area contributed by atoms with Crippen LogP contribution >= 0.6 is 11.8 Å². The van der Waals surface area contributed by atoms with Crippen LogP contribution in [0.4, 0.5) is 9.59 Å². The van der Waals surface area contributed by atoms with Crippen molar-refractivity contribution < 1.29 is 19.1 Å². The molecule has 0 bridgehead atoms. The Morgan fingerprint density at radius 2 is 1.63 bits per heavy atom. The van der Waals surface area contributed by atoms with Crippen molar-refractivity contribution in [2.75, 3.05) is 0 Å². The number of hydrogen-bond acceptors (Lipinski definition) is 7. The fraction of sp³-hybridized carbons (Fsp3) is 0.500. The van der Waals surface area contributed by atoms with Crippen molar-refractivity contribution in [2.24, 2.45) is 0 Å². The lowest BCUT2D eigenvalue weighted by Crippen LogP contribution is -2.22. The van der Waals surface area contributed by atoms with Crippen LogP contribution in [0.2, 0.25) is 0 Å². The van der Waals surface area contributed by atoms with Gasteiger partial charge in [0.05, 0.1) is 11.8 Å². The Kier molecular flexibility index (Phi) is 4.88. The third-order valence-corrected chi connectivity index (χ3v) is 2.19. The van der Waals surface area contributed by atoms with Crippen molar-refractivity contribution in [2.45, 2.75) is 40.2 Å². The smallest absolute Gasteiger partial charge is 0.386 e. The van der Waals surface area contributed by atoms with Crippen molar-refractivity contribution in [1.29, 1.82) is 0 Å². The van der Waals surface area contributed by atoms with Crippen LogP contribution in [0, 0.1) is 13.8 Å². The van der Waals surface area contributed by atoms with Gasteiger partial charge in [-0.3, -0.25) is 0 Å². The number of aryl methyl sites for hydroxylation is 2. The summed E-state index contributed by atoms with van der Waals surface area (Å²) in [6.45, 7) is 8.65. The maximum absolute atomic E-state index is 11.5. The van der Waals surface area contributed by atoms with Crippen LogP contribution < -0.4 is 4.74 Å². The molecule has 0 saturated heterocycles. The monoisotopic (exact) mass is 284 g/mol. The molecule has 0 atom stereocenters. The molecule has 104 valence electrons. The summed E-state index contributed by atoms with van der Waals surface area (Å²) in [5.41, 5.74) is 0.705. The Hall–Kier alpha value is -1.63. The molecule has 0 saturated carbocycles. The lowest BCUT2D eigenvalue weighted by molar-refractivity contribution is 0.0738. The van der Waals surface area contributed by atoms with Crippen molar-refractivity contribution in [3.05, 3.63) is 17.5 Å². The highest BCUT2D eigenvalue weighted by molar-refractivity contribution is 8.25. The molecule has 0 aromatic carbocycles. The number of thioether (sulfide) groups is 1. The fourth-order valence-electron chi connectivity index (χ4n) is 1.17. The molecule has 0 aliphatic carbocycles. The molecule has 0 aliphatic rings. The summed E-state index contributed by atoms with van der Waals surface area (Å²) in [6.07, 6.45) is 0. The summed E-state index contributed by atoms with van der Waals surface area (Å²) in [4.78, 5) is 30.8. The molecule has 1 rings (SSSR count). The zero-order chi connectivity index (χ0) is 14.6. The van der Waals surface area contributed by atoms with Gasteiger partial charge in [0.2, 0.25) is 0 Å². The minimum atomic E-state index is -0.820. The third kappa shape index (κ3) is 6.19. The number of hydrogen-bond donors (Lipinski definition) is 0. The average molecular weight is 284 g/mol. The molecular formula is C12H16N2O4S. The van der Waals surface area contributed by atoms with Crippen molar-refractivity contribution in [1.82, 2.24) is 9.97 Å². The van der Waals surface area contributed by atoms with Crippen LogP contribution in [0.3, 0.4) is 0 Å². The lowest BCUT2D eigenvalue weighted by atomic mass is 10.2. The summed E-state index contributed by atoms with van der Waals surface area (Å²) < 4.78 is 9.84. The van der Waals surface area contributed by atoms with Gasteiger partial charge in [0.15, 0.2) is 0 Å². The second kappa shape index (κ2) is 6.01. The second-order valence-electron chi connectivity index (χ2n) is 4.85. The Bertz CT molecular complexity index is 477. The minimum Gasteiger partial charge on any atom is -0.451 e. The van der Waals surface area contributed by atoms with Crippen molar-refractivity contribution in [3.8, 4) is 6.01 Å². The Morgan fingerprint density at radius 1 is 1.11 bits per heavy atom. The Labute approximate surface area is 115 Å². The minimum absolute atomic E-state index is 0.0708. The second-order valence-corrected chi connectivity index (χ2v) is 5.72. The molecule has 6 nitrogen and oxygen atoms in total. The van der Waals surface area contributed by atoms with Gasteiger partial charge in [-0.2, -0.15) is 0 Å². The summed E-state index contributed by atoms with van der Waals surface area (Å²) in [7, 11) is 0. The molecule has 0 amide bonds. The number of nitrogens with zero attached hydrogens (tertiary/aromatic N) is 2. The summed E-state index contributed by atoms with van der Waals surface area (Å²) in [6, 6.07) is 1.68. The zero-order valence-electron chi connectivity index (χ0n) is 11.5. The van der Waals surface area contributed by atoms with Crippen LogP contribution in [-0.2, 0) is 4.74 Å². The molecule has 19 heavy (non-hydrogen) atoms. The van der Waals surface area contributed by atoms with E-state index in [1.165, 1.54) is 0 Å². The molecule has 0 unspecified atom stereocenters. The maximum Gasteiger partial charge on any atom is 0.386 e. The van der Waals surface area contributed by atoms with Crippen LogP contribution in [0.15, 0.2) is 6.07 Å². The lowest BCUT2D eigenvalue weighted by Gasteiger charge is -2.18. The van der Waals surface area contributed by atoms with Crippen molar-refractivity contribution >= 4 is 22.4 Å². The first-order valence-corrected chi connectivity index (χ1v) is 6.42. The molecule has 0 aliphatic heterocycles. The van der Waals surface area contributed by atoms with E-state index in [9.17, 15) is 9.59 Å². The SMILES string of the molecule is Cc1cc(C)nc(OC(=O)SC(=O)OC(C)(C)C)n1. The normalized spacial score (nSPS) is 11.0. The molecule has 0 N–H and O–H groups in total. The quantitative estimate of drug-likeness (QED) is 0.732. The first-order chi connectivity index (χ1) is 8.65. The van der Waals surface area contributed by atoms with Gasteiger partial charge in [0.1, 0.15) is 5.60 Å². The summed E-state index contributed by atoms with van der Waals surface area (Å²) >= 11 is 0.331. The maximum atomic E-state index is 11.5. The van der Waals surface area contributed by atoms with E-state index in [0.29, 0.717) is 23.1 Å². The van der Waals surface area contributed by atoms with Gasteiger partial charge in [-0.1, -0.05) is 0 Å². The van der Waals surface area contributed by atoms with Crippen molar-refractivity contribution in [3.63, 3.8) is 0 Å². The number of carbonyl (C=O) groups excluding carboxylic acids is 2. The molecule has 0 fully saturated rings. The average Bonchev–Trinajstić information content (AvgIpc) is 2.10. The third-order valence-electron chi connectivity index (χ3n) is 1.69. The number of rotatable bonds is 1. The summed E-state index contributed by atoms with van der Waals surface area (Å²) in [5.74, 6) is 0. The van der Waals surface area contributed by atoms with E-state index in [1.54, 1.807) is 40.7 Å².